The van der Waals surface area contributed by atoms with Gasteiger partial charge in [-0.05, 0) is 55.2 Å². The zero-order valence-electron chi connectivity index (χ0n) is 12.7. The van der Waals surface area contributed by atoms with E-state index in [-0.39, 0.29) is 23.8 Å². The van der Waals surface area contributed by atoms with E-state index in [0.29, 0.717) is 25.7 Å². The predicted molar refractivity (Wildman–Crippen MR) is 75.8 cm³/mol. The summed E-state index contributed by atoms with van der Waals surface area (Å²) in [6, 6.07) is 1.51. The lowest BCUT2D eigenvalue weighted by molar-refractivity contribution is -0.142. The number of benzene rings is 1. The fraction of sp³-hybridized carbons (Fsp3) is 0.529. The van der Waals surface area contributed by atoms with Crippen LogP contribution in [-0.4, -0.2) is 6.43 Å². The molecule has 1 aromatic carbocycles. The lowest BCUT2D eigenvalue weighted by atomic mass is 9.78. The zero-order valence-corrected chi connectivity index (χ0v) is 12.7. The number of halogens is 7. The van der Waals surface area contributed by atoms with Gasteiger partial charge in [0.25, 0.3) is 0 Å². The van der Waals surface area contributed by atoms with Crippen LogP contribution in [0.2, 0.25) is 0 Å². The molecule has 0 saturated heterocycles. The minimum atomic E-state index is -5.07. The molecular formula is C17H17F7. The van der Waals surface area contributed by atoms with Gasteiger partial charge in [-0.2, -0.15) is 13.2 Å². The first-order valence-corrected chi connectivity index (χ1v) is 7.69. The van der Waals surface area contributed by atoms with E-state index in [4.69, 9.17) is 0 Å². The standard InChI is InChI=1S/C17H17F7/c18-13-8-12(9-14(19)16(13)17(22,23)24)11-6-4-10(5-7-11)2-1-3-15(20)21/h1-2,8-11,15H,3-7H2. The van der Waals surface area contributed by atoms with Crippen LogP contribution in [0.4, 0.5) is 30.7 Å². The molecule has 0 spiro atoms. The second-order valence-electron chi connectivity index (χ2n) is 6.02. The molecule has 0 bridgehead atoms. The van der Waals surface area contributed by atoms with Crippen LogP contribution in [0.15, 0.2) is 24.3 Å². The Labute approximate surface area is 135 Å². The van der Waals surface area contributed by atoms with Crippen LogP contribution in [0.5, 0.6) is 0 Å². The molecule has 1 aromatic rings. The molecule has 0 nitrogen and oxygen atoms in total. The van der Waals surface area contributed by atoms with E-state index >= 15 is 0 Å². The maximum absolute atomic E-state index is 13.6. The quantitative estimate of drug-likeness (QED) is 0.429. The van der Waals surface area contributed by atoms with Crippen molar-refractivity contribution in [2.24, 2.45) is 5.92 Å². The van der Waals surface area contributed by atoms with Gasteiger partial charge in [-0.1, -0.05) is 12.2 Å². The summed E-state index contributed by atoms with van der Waals surface area (Å²) in [4.78, 5) is 0. The molecule has 1 saturated carbocycles. The number of alkyl halides is 5. The van der Waals surface area contributed by atoms with E-state index in [9.17, 15) is 30.7 Å². The van der Waals surface area contributed by atoms with Crippen LogP contribution >= 0.6 is 0 Å². The highest BCUT2D eigenvalue weighted by Crippen LogP contribution is 2.40. The molecule has 1 aliphatic carbocycles. The van der Waals surface area contributed by atoms with Crippen LogP contribution in [0.1, 0.15) is 49.1 Å². The first-order chi connectivity index (χ1) is 11.2. The van der Waals surface area contributed by atoms with Gasteiger partial charge >= 0.3 is 6.18 Å². The zero-order chi connectivity index (χ0) is 17.9. The average molecular weight is 354 g/mol. The SMILES string of the molecule is Fc1cc(C2CCC(C=CCC(F)F)CC2)cc(F)c1C(F)(F)F. The molecule has 0 radical (unpaired) electrons. The summed E-state index contributed by atoms with van der Waals surface area (Å²) in [6.07, 6.45) is -2.24. The Morgan fingerprint density at radius 1 is 1.00 bits per heavy atom. The third kappa shape index (κ3) is 4.74. The molecule has 0 atom stereocenters. The van der Waals surface area contributed by atoms with Gasteiger partial charge in [-0.15, -0.1) is 0 Å². The lowest BCUT2D eigenvalue weighted by Crippen LogP contribution is -2.15. The molecule has 24 heavy (non-hydrogen) atoms. The Morgan fingerprint density at radius 3 is 2.00 bits per heavy atom. The molecule has 2 rings (SSSR count). The minimum Gasteiger partial charge on any atom is -0.210 e. The van der Waals surface area contributed by atoms with Gasteiger partial charge < -0.3 is 0 Å². The highest BCUT2D eigenvalue weighted by molar-refractivity contribution is 5.30. The molecule has 7 heteroatoms. The van der Waals surface area contributed by atoms with E-state index in [1.54, 1.807) is 6.08 Å². The van der Waals surface area contributed by atoms with Crippen molar-refractivity contribution >= 4 is 0 Å². The molecule has 1 fully saturated rings. The van der Waals surface area contributed by atoms with Gasteiger partial charge in [-0.25, -0.2) is 17.6 Å². The minimum absolute atomic E-state index is 0.115. The van der Waals surface area contributed by atoms with Crippen molar-refractivity contribution in [1.82, 2.24) is 0 Å². The molecular weight excluding hydrogens is 337 g/mol. The normalized spacial score (nSPS) is 22.5. The van der Waals surface area contributed by atoms with E-state index < -0.39 is 29.8 Å². The highest BCUT2D eigenvalue weighted by atomic mass is 19.4. The van der Waals surface area contributed by atoms with E-state index in [1.165, 1.54) is 6.08 Å². The van der Waals surface area contributed by atoms with Crippen molar-refractivity contribution in [3.05, 3.63) is 47.0 Å². The van der Waals surface area contributed by atoms with Crippen LogP contribution in [-0.2, 0) is 6.18 Å². The molecule has 0 aliphatic heterocycles. The summed E-state index contributed by atoms with van der Waals surface area (Å²) in [5.74, 6) is -3.31. The van der Waals surface area contributed by atoms with Crippen molar-refractivity contribution in [1.29, 1.82) is 0 Å². The Bertz CT molecular complexity index is 558. The smallest absolute Gasteiger partial charge is 0.210 e. The van der Waals surface area contributed by atoms with Gasteiger partial charge in [0.2, 0.25) is 6.43 Å². The van der Waals surface area contributed by atoms with Crippen molar-refractivity contribution in [3.8, 4) is 0 Å². The third-order valence-electron chi connectivity index (χ3n) is 4.31. The molecule has 134 valence electrons. The van der Waals surface area contributed by atoms with E-state index in [1.807, 2.05) is 0 Å². The summed E-state index contributed by atoms with van der Waals surface area (Å²) in [5.41, 5.74) is -1.65. The second kappa shape index (κ2) is 7.57. The molecule has 0 amide bonds. The number of rotatable bonds is 4. The van der Waals surface area contributed by atoms with Crippen molar-refractivity contribution in [2.75, 3.05) is 0 Å². The van der Waals surface area contributed by atoms with Crippen LogP contribution < -0.4 is 0 Å². The van der Waals surface area contributed by atoms with Gasteiger partial charge in [-0.3, -0.25) is 0 Å². The third-order valence-corrected chi connectivity index (χ3v) is 4.31. The highest BCUT2D eigenvalue weighted by Gasteiger charge is 2.38. The molecule has 0 N–H and O–H groups in total. The Kier molecular flexibility index (Phi) is 5.93. The van der Waals surface area contributed by atoms with Gasteiger partial charge in [0.15, 0.2) is 0 Å². The Morgan fingerprint density at radius 2 is 1.54 bits per heavy atom. The Hall–Kier alpha value is -1.53. The summed E-state index contributed by atoms with van der Waals surface area (Å²) < 4.78 is 89.1. The maximum Gasteiger partial charge on any atom is 0.422 e. The fourth-order valence-corrected chi connectivity index (χ4v) is 3.12. The average Bonchev–Trinajstić information content (AvgIpc) is 2.45. The summed E-state index contributed by atoms with van der Waals surface area (Å²) in [5, 5.41) is 0. The maximum atomic E-state index is 13.6. The van der Waals surface area contributed by atoms with Crippen molar-refractivity contribution < 1.29 is 30.7 Å². The van der Waals surface area contributed by atoms with Crippen LogP contribution in [0.25, 0.3) is 0 Å². The molecule has 1 aliphatic rings. The molecule has 0 unspecified atom stereocenters. The van der Waals surface area contributed by atoms with Crippen LogP contribution in [0, 0.1) is 17.6 Å². The van der Waals surface area contributed by atoms with E-state index in [0.717, 1.165) is 12.1 Å². The number of hydrogen-bond acceptors (Lipinski definition) is 0. The summed E-state index contributed by atoms with van der Waals surface area (Å²) >= 11 is 0. The predicted octanol–water partition coefficient (Wildman–Crippen LogP) is 6.47. The molecule has 0 heterocycles. The largest absolute Gasteiger partial charge is 0.422 e. The Balaban J connectivity index is 2.03. The van der Waals surface area contributed by atoms with Gasteiger partial charge in [0, 0.05) is 6.42 Å². The topological polar surface area (TPSA) is 0 Å². The van der Waals surface area contributed by atoms with Crippen molar-refractivity contribution in [2.45, 2.75) is 50.6 Å². The fourth-order valence-electron chi connectivity index (χ4n) is 3.12. The van der Waals surface area contributed by atoms with Gasteiger partial charge in [0.05, 0.1) is 0 Å². The number of allylic oxidation sites excluding steroid dienone is 2. The van der Waals surface area contributed by atoms with Gasteiger partial charge in [0.1, 0.15) is 17.2 Å². The summed E-state index contributed by atoms with van der Waals surface area (Å²) in [7, 11) is 0. The van der Waals surface area contributed by atoms with Crippen molar-refractivity contribution in [3.63, 3.8) is 0 Å². The summed E-state index contributed by atoms with van der Waals surface area (Å²) in [6.45, 7) is 0. The second-order valence-corrected chi connectivity index (χ2v) is 6.02. The van der Waals surface area contributed by atoms with Crippen LogP contribution in [0.3, 0.4) is 0 Å². The number of hydrogen-bond donors (Lipinski definition) is 0. The monoisotopic (exact) mass is 354 g/mol. The molecule has 0 aromatic heterocycles. The first kappa shape index (κ1) is 18.8. The lowest BCUT2D eigenvalue weighted by Gasteiger charge is -2.27. The van der Waals surface area contributed by atoms with E-state index in [2.05, 4.69) is 0 Å². The first-order valence-electron chi connectivity index (χ1n) is 7.69.